The third-order valence-corrected chi connectivity index (χ3v) is 4.67. The van der Waals surface area contributed by atoms with Gasteiger partial charge < -0.3 is 5.73 Å². The summed E-state index contributed by atoms with van der Waals surface area (Å²) >= 11 is 11.7. The number of nitriles is 1. The molecule has 0 unspecified atom stereocenters. The van der Waals surface area contributed by atoms with Gasteiger partial charge in [-0.1, -0.05) is 23.2 Å². The zero-order chi connectivity index (χ0) is 15.6. The molecular formula is C13H9Cl2N3O2S. The highest BCUT2D eigenvalue weighted by atomic mass is 35.5. The first-order valence-electron chi connectivity index (χ1n) is 5.61. The SMILES string of the molecule is N#Cc1ccc(Cl)cc1NS(=O)(=O)c1cc(N)ccc1Cl. The standard InChI is InChI=1S/C13H9Cl2N3O2S/c14-9-2-1-8(7-16)12(5-9)18-21(19,20)13-6-10(17)3-4-11(13)15/h1-6,18H,17H2. The molecule has 0 aliphatic rings. The van der Waals surface area contributed by atoms with Crippen LogP contribution in [0.4, 0.5) is 11.4 Å². The van der Waals surface area contributed by atoms with Crippen LogP contribution in [0.1, 0.15) is 5.56 Å². The van der Waals surface area contributed by atoms with Gasteiger partial charge in [0.05, 0.1) is 16.3 Å². The molecule has 0 fully saturated rings. The minimum absolute atomic E-state index is 0.0252. The molecule has 21 heavy (non-hydrogen) atoms. The van der Waals surface area contributed by atoms with Gasteiger partial charge in [-0.05, 0) is 36.4 Å². The van der Waals surface area contributed by atoms with Crippen molar-refractivity contribution in [3.63, 3.8) is 0 Å². The van der Waals surface area contributed by atoms with Gasteiger partial charge in [0.1, 0.15) is 11.0 Å². The Morgan fingerprint density at radius 3 is 2.52 bits per heavy atom. The molecule has 0 spiro atoms. The van der Waals surface area contributed by atoms with E-state index in [2.05, 4.69) is 4.72 Å². The highest BCUT2D eigenvalue weighted by Gasteiger charge is 2.20. The number of nitrogens with two attached hydrogens (primary N) is 1. The smallest absolute Gasteiger partial charge is 0.263 e. The first kappa shape index (κ1) is 15.4. The first-order chi connectivity index (χ1) is 9.83. The molecule has 2 aromatic carbocycles. The van der Waals surface area contributed by atoms with E-state index < -0.39 is 10.0 Å². The van der Waals surface area contributed by atoms with Gasteiger partial charge in [0.2, 0.25) is 0 Å². The van der Waals surface area contributed by atoms with Crippen LogP contribution in [0, 0.1) is 11.3 Å². The van der Waals surface area contributed by atoms with Crippen molar-refractivity contribution in [2.75, 3.05) is 10.5 Å². The third-order valence-electron chi connectivity index (χ3n) is 2.59. The van der Waals surface area contributed by atoms with Crippen molar-refractivity contribution in [3.8, 4) is 6.07 Å². The van der Waals surface area contributed by atoms with Crippen LogP contribution in [0.2, 0.25) is 10.0 Å². The molecule has 0 saturated carbocycles. The zero-order valence-electron chi connectivity index (χ0n) is 10.5. The van der Waals surface area contributed by atoms with E-state index >= 15 is 0 Å². The van der Waals surface area contributed by atoms with Crippen molar-refractivity contribution in [1.29, 1.82) is 5.26 Å². The predicted octanol–water partition coefficient (Wildman–Crippen LogP) is 3.25. The molecule has 2 aromatic rings. The lowest BCUT2D eigenvalue weighted by atomic mass is 10.2. The van der Waals surface area contributed by atoms with Gasteiger partial charge in [-0.2, -0.15) is 5.26 Å². The molecule has 0 atom stereocenters. The number of halogens is 2. The fraction of sp³-hybridized carbons (Fsp3) is 0. The van der Waals surface area contributed by atoms with Gasteiger partial charge in [0.15, 0.2) is 0 Å². The van der Waals surface area contributed by atoms with Gasteiger partial charge in [0.25, 0.3) is 10.0 Å². The number of benzene rings is 2. The Kier molecular flexibility index (Phi) is 4.28. The Hall–Kier alpha value is -1.94. The zero-order valence-corrected chi connectivity index (χ0v) is 12.8. The van der Waals surface area contributed by atoms with Crippen LogP contribution < -0.4 is 10.5 Å². The quantitative estimate of drug-likeness (QED) is 0.837. The van der Waals surface area contributed by atoms with E-state index in [1.54, 1.807) is 0 Å². The number of rotatable bonds is 3. The van der Waals surface area contributed by atoms with E-state index in [1.807, 2.05) is 6.07 Å². The van der Waals surface area contributed by atoms with Crippen molar-refractivity contribution in [1.82, 2.24) is 0 Å². The highest BCUT2D eigenvalue weighted by molar-refractivity contribution is 7.92. The summed E-state index contributed by atoms with van der Waals surface area (Å²) in [6.45, 7) is 0. The Morgan fingerprint density at radius 1 is 1.14 bits per heavy atom. The molecule has 8 heteroatoms. The van der Waals surface area contributed by atoms with Crippen molar-refractivity contribution >= 4 is 44.6 Å². The van der Waals surface area contributed by atoms with Crippen LogP contribution in [0.25, 0.3) is 0 Å². The first-order valence-corrected chi connectivity index (χ1v) is 7.85. The van der Waals surface area contributed by atoms with E-state index in [0.717, 1.165) is 0 Å². The van der Waals surface area contributed by atoms with E-state index in [4.69, 9.17) is 34.2 Å². The molecular weight excluding hydrogens is 333 g/mol. The van der Waals surface area contributed by atoms with Crippen LogP contribution in [-0.4, -0.2) is 8.42 Å². The summed E-state index contributed by atoms with van der Waals surface area (Å²) in [7, 11) is -3.99. The Labute approximate surface area is 132 Å². The third kappa shape index (κ3) is 3.39. The maximum Gasteiger partial charge on any atom is 0.263 e. The molecule has 0 aromatic heterocycles. The fourth-order valence-corrected chi connectivity index (χ4v) is 3.40. The van der Waals surface area contributed by atoms with Crippen LogP contribution in [0.15, 0.2) is 41.3 Å². The Morgan fingerprint density at radius 2 is 1.86 bits per heavy atom. The summed E-state index contributed by atoms with van der Waals surface area (Å²) in [5.41, 5.74) is 6.04. The fourth-order valence-electron chi connectivity index (χ4n) is 1.62. The lowest BCUT2D eigenvalue weighted by molar-refractivity contribution is 0.601. The number of nitrogens with zero attached hydrogens (tertiary/aromatic N) is 1. The van der Waals surface area contributed by atoms with E-state index in [1.165, 1.54) is 36.4 Å². The maximum absolute atomic E-state index is 12.4. The molecule has 108 valence electrons. The monoisotopic (exact) mass is 341 g/mol. The average molecular weight is 342 g/mol. The molecule has 0 aliphatic heterocycles. The van der Waals surface area contributed by atoms with Crippen LogP contribution >= 0.6 is 23.2 Å². The number of nitrogen functional groups attached to an aromatic ring is 1. The normalized spacial score (nSPS) is 10.9. The summed E-state index contributed by atoms with van der Waals surface area (Å²) in [5, 5.41) is 9.32. The molecule has 0 saturated heterocycles. The highest BCUT2D eigenvalue weighted by Crippen LogP contribution is 2.28. The average Bonchev–Trinajstić information content (AvgIpc) is 2.41. The second kappa shape index (κ2) is 5.82. The van der Waals surface area contributed by atoms with Gasteiger partial charge in [-0.15, -0.1) is 0 Å². The summed E-state index contributed by atoms with van der Waals surface area (Å²) in [6.07, 6.45) is 0. The molecule has 0 bridgehead atoms. The molecule has 5 nitrogen and oxygen atoms in total. The van der Waals surface area contributed by atoms with Gasteiger partial charge in [0, 0.05) is 10.7 Å². The van der Waals surface area contributed by atoms with Crippen LogP contribution in [-0.2, 0) is 10.0 Å². The van der Waals surface area contributed by atoms with Crippen molar-refractivity contribution in [2.45, 2.75) is 4.90 Å². The molecule has 2 rings (SSSR count). The maximum atomic E-state index is 12.4. The molecule has 0 radical (unpaired) electrons. The Bertz CT molecular complexity index is 845. The largest absolute Gasteiger partial charge is 0.399 e. The van der Waals surface area contributed by atoms with Crippen molar-refractivity contribution in [2.24, 2.45) is 0 Å². The molecule has 0 heterocycles. The summed E-state index contributed by atoms with van der Waals surface area (Å²) in [4.78, 5) is -0.173. The Balaban J connectivity index is 2.50. The minimum atomic E-state index is -3.99. The van der Waals surface area contributed by atoms with Gasteiger partial charge >= 0.3 is 0 Å². The lowest BCUT2D eigenvalue weighted by Crippen LogP contribution is -2.14. The minimum Gasteiger partial charge on any atom is -0.399 e. The second-order valence-electron chi connectivity index (χ2n) is 4.10. The predicted molar refractivity (Wildman–Crippen MR) is 82.8 cm³/mol. The topological polar surface area (TPSA) is 96.0 Å². The van der Waals surface area contributed by atoms with Gasteiger partial charge in [-0.3, -0.25) is 4.72 Å². The second-order valence-corrected chi connectivity index (χ2v) is 6.59. The number of sulfonamides is 1. The van der Waals surface area contributed by atoms with E-state index in [-0.39, 0.29) is 26.9 Å². The number of hydrogen-bond donors (Lipinski definition) is 2. The van der Waals surface area contributed by atoms with E-state index in [9.17, 15) is 8.42 Å². The van der Waals surface area contributed by atoms with Crippen molar-refractivity contribution < 1.29 is 8.42 Å². The summed E-state index contributed by atoms with van der Waals surface area (Å²) in [6, 6.07) is 10.2. The number of nitrogens with one attached hydrogen (secondary N) is 1. The summed E-state index contributed by atoms with van der Waals surface area (Å²) in [5.74, 6) is 0. The van der Waals surface area contributed by atoms with Crippen molar-refractivity contribution in [3.05, 3.63) is 52.0 Å². The summed E-state index contributed by atoms with van der Waals surface area (Å²) < 4.78 is 27.0. The molecule has 3 N–H and O–H groups in total. The number of hydrogen-bond acceptors (Lipinski definition) is 4. The molecule has 0 amide bonds. The number of anilines is 2. The van der Waals surface area contributed by atoms with E-state index in [0.29, 0.717) is 5.02 Å². The van der Waals surface area contributed by atoms with Crippen LogP contribution in [0.3, 0.4) is 0 Å². The molecule has 0 aliphatic carbocycles. The van der Waals surface area contributed by atoms with Crippen LogP contribution in [0.5, 0.6) is 0 Å². The lowest BCUT2D eigenvalue weighted by Gasteiger charge is -2.11. The van der Waals surface area contributed by atoms with Gasteiger partial charge in [-0.25, -0.2) is 8.42 Å².